The van der Waals surface area contributed by atoms with E-state index in [1.165, 1.54) is 19.1 Å². The monoisotopic (exact) mass is 311 g/mol. The van der Waals surface area contributed by atoms with Crippen LogP contribution in [0.4, 0.5) is 11.4 Å². The standard InChI is InChI=1S/C14H21N3O5/c1-12(18)15-6-8-21-10-11-22-9-7-16-13-2-4-14(5-3-13)17(19)20/h2-5,16H,6-11H2,1H3,(H,15,18). The molecular weight excluding hydrogens is 290 g/mol. The van der Waals surface area contributed by atoms with E-state index in [0.717, 1.165) is 5.69 Å². The Morgan fingerprint density at radius 3 is 2.23 bits per heavy atom. The molecule has 0 spiro atoms. The second-order valence-electron chi connectivity index (χ2n) is 4.44. The van der Waals surface area contributed by atoms with Crippen molar-refractivity contribution < 1.29 is 19.2 Å². The second kappa shape index (κ2) is 10.5. The Morgan fingerprint density at radius 2 is 1.68 bits per heavy atom. The summed E-state index contributed by atoms with van der Waals surface area (Å²) in [5.74, 6) is -0.0721. The molecule has 0 radical (unpaired) electrons. The van der Waals surface area contributed by atoms with Crippen molar-refractivity contribution in [1.82, 2.24) is 5.32 Å². The third-order valence-electron chi connectivity index (χ3n) is 2.65. The molecule has 0 saturated heterocycles. The lowest BCUT2D eigenvalue weighted by atomic mass is 10.3. The van der Waals surface area contributed by atoms with Crippen LogP contribution in [0.2, 0.25) is 0 Å². The van der Waals surface area contributed by atoms with E-state index in [2.05, 4.69) is 10.6 Å². The molecule has 0 aliphatic rings. The van der Waals surface area contributed by atoms with Gasteiger partial charge in [0.2, 0.25) is 5.91 Å². The van der Waals surface area contributed by atoms with Gasteiger partial charge in [-0.1, -0.05) is 0 Å². The number of nitrogens with zero attached hydrogens (tertiary/aromatic N) is 1. The zero-order valence-electron chi connectivity index (χ0n) is 12.5. The number of carbonyl (C=O) groups excluding carboxylic acids is 1. The molecule has 1 rings (SSSR count). The van der Waals surface area contributed by atoms with E-state index in [0.29, 0.717) is 39.5 Å². The summed E-state index contributed by atoms with van der Waals surface area (Å²) < 4.78 is 10.6. The topological polar surface area (TPSA) is 103 Å². The molecule has 22 heavy (non-hydrogen) atoms. The average molecular weight is 311 g/mol. The molecule has 0 atom stereocenters. The van der Waals surface area contributed by atoms with Crippen molar-refractivity contribution in [2.24, 2.45) is 0 Å². The summed E-state index contributed by atoms with van der Waals surface area (Å²) in [6.45, 7) is 4.47. The van der Waals surface area contributed by atoms with Crippen molar-refractivity contribution in [2.45, 2.75) is 6.92 Å². The molecule has 8 heteroatoms. The summed E-state index contributed by atoms with van der Waals surface area (Å²) in [5.41, 5.74) is 0.874. The van der Waals surface area contributed by atoms with E-state index in [1.807, 2.05) is 0 Å². The lowest BCUT2D eigenvalue weighted by molar-refractivity contribution is -0.384. The molecule has 0 unspecified atom stereocenters. The Bertz CT molecular complexity index is 464. The highest BCUT2D eigenvalue weighted by Gasteiger charge is 2.03. The largest absolute Gasteiger partial charge is 0.383 e. The van der Waals surface area contributed by atoms with E-state index in [-0.39, 0.29) is 11.6 Å². The molecule has 0 aliphatic heterocycles. The number of non-ortho nitro benzene ring substituents is 1. The fourth-order valence-corrected chi connectivity index (χ4v) is 1.59. The van der Waals surface area contributed by atoms with Gasteiger partial charge >= 0.3 is 0 Å². The predicted molar refractivity (Wildman–Crippen MR) is 81.9 cm³/mol. The fraction of sp³-hybridized carbons (Fsp3) is 0.500. The summed E-state index contributed by atoms with van der Waals surface area (Å²) in [6.07, 6.45) is 0. The van der Waals surface area contributed by atoms with Gasteiger partial charge in [0, 0.05) is 37.8 Å². The van der Waals surface area contributed by atoms with Crippen LogP contribution in [0, 0.1) is 10.1 Å². The first-order chi connectivity index (χ1) is 10.6. The number of anilines is 1. The van der Waals surface area contributed by atoms with Crippen LogP contribution in [0.3, 0.4) is 0 Å². The number of hydrogen-bond donors (Lipinski definition) is 2. The number of carbonyl (C=O) groups is 1. The number of hydrogen-bond acceptors (Lipinski definition) is 6. The number of amides is 1. The van der Waals surface area contributed by atoms with E-state index >= 15 is 0 Å². The summed E-state index contributed by atoms with van der Waals surface area (Å²) in [7, 11) is 0. The average Bonchev–Trinajstić information content (AvgIpc) is 2.49. The van der Waals surface area contributed by atoms with Crippen LogP contribution >= 0.6 is 0 Å². The number of ether oxygens (including phenoxy) is 2. The lowest BCUT2D eigenvalue weighted by Crippen LogP contribution is -2.25. The molecule has 1 aromatic rings. The number of rotatable bonds is 11. The normalized spacial score (nSPS) is 10.2. The number of nitro groups is 1. The highest BCUT2D eigenvalue weighted by Crippen LogP contribution is 2.14. The van der Waals surface area contributed by atoms with E-state index in [4.69, 9.17) is 9.47 Å². The molecule has 0 bridgehead atoms. The smallest absolute Gasteiger partial charge is 0.269 e. The van der Waals surface area contributed by atoms with Gasteiger partial charge in [-0.3, -0.25) is 14.9 Å². The van der Waals surface area contributed by atoms with Crippen LogP contribution in [0.5, 0.6) is 0 Å². The lowest BCUT2D eigenvalue weighted by Gasteiger charge is -2.08. The summed E-state index contributed by atoms with van der Waals surface area (Å²) in [4.78, 5) is 20.7. The van der Waals surface area contributed by atoms with Crippen molar-refractivity contribution in [2.75, 3.05) is 44.8 Å². The van der Waals surface area contributed by atoms with Gasteiger partial charge in [-0.15, -0.1) is 0 Å². The van der Waals surface area contributed by atoms with Gasteiger partial charge in [0.15, 0.2) is 0 Å². The van der Waals surface area contributed by atoms with Crippen LogP contribution in [-0.2, 0) is 14.3 Å². The Labute approximate surface area is 128 Å². The van der Waals surface area contributed by atoms with Crippen LogP contribution in [0.15, 0.2) is 24.3 Å². The van der Waals surface area contributed by atoms with Crippen LogP contribution < -0.4 is 10.6 Å². The van der Waals surface area contributed by atoms with E-state index in [1.54, 1.807) is 12.1 Å². The fourth-order valence-electron chi connectivity index (χ4n) is 1.59. The van der Waals surface area contributed by atoms with E-state index < -0.39 is 4.92 Å². The molecule has 1 amide bonds. The predicted octanol–water partition coefficient (Wildman–Crippen LogP) is 1.18. The third kappa shape index (κ3) is 8.18. The Kier molecular flexibility index (Phi) is 8.54. The van der Waals surface area contributed by atoms with Gasteiger partial charge in [-0.25, -0.2) is 0 Å². The third-order valence-corrected chi connectivity index (χ3v) is 2.65. The van der Waals surface area contributed by atoms with Crippen molar-refractivity contribution in [3.05, 3.63) is 34.4 Å². The van der Waals surface area contributed by atoms with Gasteiger partial charge in [-0.2, -0.15) is 0 Å². The van der Waals surface area contributed by atoms with Crippen LogP contribution in [0.1, 0.15) is 6.92 Å². The van der Waals surface area contributed by atoms with Gasteiger partial charge in [0.05, 0.1) is 31.4 Å². The number of nitro benzene ring substituents is 1. The first-order valence-electron chi connectivity index (χ1n) is 6.98. The van der Waals surface area contributed by atoms with Gasteiger partial charge in [-0.05, 0) is 12.1 Å². The molecule has 122 valence electrons. The molecule has 0 heterocycles. The molecule has 0 saturated carbocycles. The van der Waals surface area contributed by atoms with E-state index in [9.17, 15) is 14.9 Å². The summed E-state index contributed by atoms with van der Waals surface area (Å²) in [5, 5.41) is 16.2. The maximum Gasteiger partial charge on any atom is 0.269 e. The molecular formula is C14H21N3O5. The quantitative estimate of drug-likeness (QED) is 0.361. The molecule has 8 nitrogen and oxygen atoms in total. The van der Waals surface area contributed by atoms with Gasteiger partial charge in [0.25, 0.3) is 5.69 Å². The zero-order chi connectivity index (χ0) is 16.2. The number of benzene rings is 1. The Balaban J connectivity index is 1.97. The number of nitrogens with one attached hydrogen (secondary N) is 2. The minimum Gasteiger partial charge on any atom is -0.383 e. The summed E-state index contributed by atoms with van der Waals surface area (Å²) in [6, 6.07) is 6.21. The van der Waals surface area contributed by atoms with Crippen LogP contribution in [0.25, 0.3) is 0 Å². The second-order valence-corrected chi connectivity index (χ2v) is 4.44. The van der Waals surface area contributed by atoms with Crippen LogP contribution in [-0.4, -0.2) is 50.3 Å². The van der Waals surface area contributed by atoms with Crippen molar-refractivity contribution in [1.29, 1.82) is 0 Å². The maximum absolute atomic E-state index is 10.6. The van der Waals surface area contributed by atoms with Gasteiger partial charge < -0.3 is 20.1 Å². The minimum atomic E-state index is -0.432. The molecule has 0 aromatic heterocycles. The molecule has 2 N–H and O–H groups in total. The highest BCUT2D eigenvalue weighted by molar-refractivity contribution is 5.72. The van der Waals surface area contributed by atoms with Crippen molar-refractivity contribution >= 4 is 17.3 Å². The summed E-state index contributed by atoms with van der Waals surface area (Å²) >= 11 is 0. The first kappa shape index (κ1) is 17.9. The van der Waals surface area contributed by atoms with Crippen molar-refractivity contribution in [3.8, 4) is 0 Å². The minimum absolute atomic E-state index is 0.0678. The van der Waals surface area contributed by atoms with Gasteiger partial charge in [0.1, 0.15) is 0 Å². The molecule has 0 aliphatic carbocycles. The molecule has 1 aromatic carbocycles. The highest BCUT2D eigenvalue weighted by atomic mass is 16.6. The Morgan fingerprint density at radius 1 is 1.09 bits per heavy atom. The maximum atomic E-state index is 10.6. The zero-order valence-corrected chi connectivity index (χ0v) is 12.5. The molecule has 0 fully saturated rings. The Hall–Kier alpha value is -2.19. The van der Waals surface area contributed by atoms with Crippen molar-refractivity contribution in [3.63, 3.8) is 0 Å². The SMILES string of the molecule is CC(=O)NCCOCCOCCNc1ccc([N+](=O)[O-])cc1. The first-order valence-corrected chi connectivity index (χ1v) is 6.98.